The molecule has 154 valence electrons. The maximum Gasteiger partial charge on any atom is 0.251 e. The molecule has 28 heavy (non-hydrogen) atoms. The molecule has 3 rings (SSSR count). The van der Waals surface area contributed by atoms with Gasteiger partial charge >= 0.3 is 0 Å². The van der Waals surface area contributed by atoms with E-state index in [2.05, 4.69) is 12.2 Å². The van der Waals surface area contributed by atoms with Crippen LogP contribution in [0, 0.1) is 5.92 Å². The quantitative estimate of drug-likeness (QED) is 0.724. The lowest BCUT2D eigenvalue weighted by Gasteiger charge is -2.28. The van der Waals surface area contributed by atoms with Crippen LogP contribution in [0.5, 0.6) is 0 Å². The summed E-state index contributed by atoms with van der Waals surface area (Å²) in [6, 6.07) is 0.0707. The molecule has 0 spiro atoms. The smallest absolute Gasteiger partial charge is 0.251 e. The maximum absolute atomic E-state index is 12.7. The van der Waals surface area contributed by atoms with Gasteiger partial charge in [-0.15, -0.1) is 11.3 Å². The second kappa shape index (κ2) is 9.05. The maximum atomic E-state index is 12.7. The molecule has 0 aliphatic heterocycles. The van der Waals surface area contributed by atoms with Gasteiger partial charge in [0.05, 0.1) is 5.56 Å². The van der Waals surface area contributed by atoms with E-state index in [4.69, 9.17) is 10.5 Å². The number of carbonyl (C=O) groups is 3. The Labute approximate surface area is 169 Å². The van der Waals surface area contributed by atoms with Gasteiger partial charge in [0, 0.05) is 18.0 Å². The first kappa shape index (κ1) is 20.8. The second-order valence-electron chi connectivity index (χ2n) is 7.86. The molecule has 1 fully saturated rings. The van der Waals surface area contributed by atoms with Crippen LogP contribution in [0.1, 0.15) is 59.8 Å². The molecule has 0 radical (unpaired) electrons. The van der Waals surface area contributed by atoms with E-state index in [1.54, 1.807) is 4.90 Å². The van der Waals surface area contributed by atoms with E-state index in [1.807, 2.05) is 0 Å². The summed E-state index contributed by atoms with van der Waals surface area (Å²) in [7, 11) is 1.47. The highest BCUT2D eigenvalue weighted by atomic mass is 32.1. The second-order valence-corrected chi connectivity index (χ2v) is 8.97. The number of nitrogens with two attached hydrogens (primary N) is 1. The van der Waals surface area contributed by atoms with Gasteiger partial charge in [-0.2, -0.15) is 0 Å². The van der Waals surface area contributed by atoms with Crippen LogP contribution in [0.3, 0.4) is 0 Å². The lowest BCUT2D eigenvalue weighted by molar-refractivity contribution is -0.140. The predicted molar refractivity (Wildman–Crippen MR) is 109 cm³/mol. The van der Waals surface area contributed by atoms with Gasteiger partial charge in [0.25, 0.3) is 5.91 Å². The van der Waals surface area contributed by atoms with Crippen molar-refractivity contribution in [2.45, 2.75) is 57.9 Å². The number of hydrogen-bond donors (Lipinski definition) is 2. The van der Waals surface area contributed by atoms with Crippen molar-refractivity contribution in [2.75, 3.05) is 25.6 Å². The topological polar surface area (TPSA) is 102 Å². The Bertz CT molecular complexity index is 755. The van der Waals surface area contributed by atoms with Gasteiger partial charge in [-0.3, -0.25) is 14.4 Å². The lowest BCUT2D eigenvalue weighted by Crippen LogP contribution is -2.45. The van der Waals surface area contributed by atoms with Gasteiger partial charge in [0.1, 0.15) is 18.2 Å². The van der Waals surface area contributed by atoms with Gasteiger partial charge in [0.15, 0.2) is 0 Å². The van der Waals surface area contributed by atoms with Crippen molar-refractivity contribution in [3.05, 3.63) is 16.0 Å². The van der Waals surface area contributed by atoms with Crippen LogP contribution in [0.15, 0.2) is 0 Å². The highest BCUT2D eigenvalue weighted by Crippen LogP contribution is 2.39. The molecular formula is C20H29N3O4S. The van der Waals surface area contributed by atoms with Gasteiger partial charge in [-0.1, -0.05) is 19.8 Å². The Morgan fingerprint density at radius 1 is 1.25 bits per heavy atom. The number of fused-ring (bicyclic) bond motifs is 1. The number of nitrogens with zero attached hydrogens (tertiary/aromatic N) is 1. The SMILES string of the molecule is COCC(=O)N(CC(=O)Nc1sc2c(c1C(N)=O)CC[C@H](C)C2)C1CCCC1. The first-order chi connectivity index (χ1) is 13.4. The van der Waals surface area contributed by atoms with E-state index in [0.717, 1.165) is 55.4 Å². The molecule has 3 N–H and O–H groups in total. The highest BCUT2D eigenvalue weighted by molar-refractivity contribution is 7.17. The zero-order valence-electron chi connectivity index (χ0n) is 16.6. The average molecular weight is 408 g/mol. The Kier molecular flexibility index (Phi) is 6.72. The summed E-state index contributed by atoms with van der Waals surface area (Å²) in [5, 5.41) is 3.37. The van der Waals surface area contributed by atoms with Crippen LogP contribution >= 0.6 is 11.3 Å². The average Bonchev–Trinajstić information content (AvgIpc) is 3.26. The molecule has 3 amide bonds. The fraction of sp³-hybridized carbons (Fsp3) is 0.650. The van der Waals surface area contributed by atoms with Crippen LogP contribution in [-0.4, -0.2) is 48.9 Å². The molecule has 2 aliphatic rings. The molecule has 2 aliphatic carbocycles. The third kappa shape index (κ3) is 4.55. The standard InChI is InChI=1S/C20H29N3O4S/c1-12-7-8-14-15(9-12)28-20(18(14)19(21)26)22-16(24)10-23(17(25)11-27-2)13-5-3-4-6-13/h12-13H,3-11H2,1-2H3,(H2,21,26)(H,22,24)/t12-/m0/s1. The Hall–Kier alpha value is -1.93. The van der Waals surface area contributed by atoms with Crippen LogP contribution in [0.4, 0.5) is 5.00 Å². The zero-order chi connectivity index (χ0) is 20.3. The molecule has 1 atom stereocenters. The minimum atomic E-state index is -0.509. The van der Waals surface area contributed by atoms with Crippen LogP contribution in [0.2, 0.25) is 0 Å². The van der Waals surface area contributed by atoms with Crippen molar-refractivity contribution in [3.8, 4) is 0 Å². The monoisotopic (exact) mass is 407 g/mol. The van der Waals surface area contributed by atoms with Crippen LogP contribution in [0.25, 0.3) is 0 Å². The first-order valence-corrected chi connectivity index (χ1v) is 10.7. The molecule has 0 saturated heterocycles. The van der Waals surface area contributed by atoms with E-state index in [0.29, 0.717) is 16.5 Å². The number of carbonyl (C=O) groups excluding carboxylic acids is 3. The predicted octanol–water partition coefficient (Wildman–Crippen LogP) is 2.33. The molecule has 8 heteroatoms. The summed E-state index contributed by atoms with van der Waals surface area (Å²) in [5.41, 5.74) is 7.04. The van der Waals surface area contributed by atoms with E-state index < -0.39 is 5.91 Å². The molecule has 1 aromatic heterocycles. The number of anilines is 1. The van der Waals surface area contributed by atoms with E-state index in [1.165, 1.54) is 18.4 Å². The zero-order valence-corrected chi connectivity index (χ0v) is 17.4. The fourth-order valence-electron chi connectivity index (χ4n) is 4.26. The number of thiophene rings is 1. The minimum absolute atomic E-state index is 0.0377. The van der Waals surface area contributed by atoms with Gasteiger partial charge in [-0.25, -0.2) is 0 Å². The Morgan fingerprint density at radius 2 is 1.96 bits per heavy atom. The third-order valence-electron chi connectivity index (χ3n) is 5.68. The van der Waals surface area contributed by atoms with Gasteiger partial charge < -0.3 is 20.7 Å². The largest absolute Gasteiger partial charge is 0.375 e. The normalized spacial score (nSPS) is 19.3. The molecule has 0 aromatic carbocycles. The summed E-state index contributed by atoms with van der Waals surface area (Å²) in [4.78, 5) is 40.0. The minimum Gasteiger partial charge on any atom is -0.375 e. The van der Waals surface area contributed by atoms with Gasteiger partial charge in [-0.05, 0) is 43.6 Å². The first-order valence-electron chi connectivity index (χ1n) is 9.93. The molecule has 1 heterocycles. The fourth-order valence-corrected chi connectivity index (χ4v) is 5.70. The lowest BCUT2D eigenvalue weighted by atomic mass is 9.88. The number of rotatable bonds is 7. The summed E-state index contributed by atoms with van der Waals surface area (Å²) >= 11 is 1.44. The van der Waals surface area contributed by atoms with Crippen molar-refractivity contribution in [3.63, 3.8) is 0 Å². The van der Waals surface area contributed by atoms with Crippen LogP contribution in [-0.2, 0) is 27.2 Å². The molecule has 1 aromatic rings. The number of hydrogen-bond acceptors (Lipinski definition) is 5. The van der Waals surface area contributed by atoms with E-state index in [-0.39, 0.29) is 31.0 Å². The van der Waals surface area contributed by atoms with Crippen molar-refractivity contribution < 1.29 is 19.1 Å². The molecule has 7 nitrogen and oxygen atoms in total. The molecule has 1 saturated carbocycles. The number of methoxy groups -OCH3 is 1. The Morgan fingerprint density at radius 3 is 2.61 bits per heavy atom. The summed E-state index contributed by atoms with van der Waals surface area (Å²) in [6.45, 7) is 2.11. The van der Waals surface area contributed by atoms with Crippen LogP contribution < -0.4 is 11.1 Å². The van der Waals surface area contributed by atoms with E-state index in [9.17, 15) is 14.4 Å². The van der Waals surface area contributed by atoms with Crippen molar-refractivity contribution in [1.82, 2.24) is 4.90 Å². The van der Waals surface area contributed by atoms with E-state index >= 15 is 0 Å². The Balaban J connectivity index is 1.76. The number of amides is 3. The number of ether oxygens (including phenoxy) is 1. The van der Waals surface area contributed by atoms with Crippen molar-refractivity contribution >= 4 is 34.1 Å². The third-order valence-corrected chi connectivity index (χ3v) is 6.85. The molecule has 0 bridgehead atoms. The van der Waals surface area contributed by atoms with Crippen molar-refractivity contribution in [2.24, 2.45) is 11.7 Å². The highest BCUT2D eigenvalue weighted by Gasteiger charge is 2.30. The number of nitrogens with one attached hydrogen (secondary N) is 1. The number of primary amides is 1. The molecular weight excluding hydrogens is 378 g/mol. The summed E-state index contributed by atoms with van der Waals surface area (Å²) in [5.74, 6) is -0.435. The molecule has 0 unspecified atom stereocenters. The summed E-state index contributed by atoms with van der Waals surface area (Å²) in [6.07, 6.45) is 6.65. The summed E-state index contributed by atoms with van der Waals surface area (Å²) < 4.78 is 4.98. The van der Waals surface area contributed by atoms with Gasteiger partial charge in [0.2, 0.25) is 11.8 Å². The van der Waals surface area contributed by atoms with Crippen molar-refractivity contribution in [1.29, 1.82) is 0 Å².